The molecule has 0 saturated heterocycles. The van der Waals surface area contributed by atoms with Crippen LogP contribution in [-0.4, -0.2) is 16.2 Å². The first kappa shape index (κ1) is 16.0. The van der Waals surface area contributed by atoms with Crippen LogP contribution in [0, 0.1) is 6.92 Å². The number of benzene rings is 1. The second-order valence-electron chi connectivity index (χ2n) is 5.82. The molecule has 3 rings (SSSR count). The summed E-state index contributed by atoms with van der Waals surface area (Å²) in [5.41, 5.74) is 2.76. The van der Waals surface area contributed by atoms with Crippen LogP contribution in [0.4, 0.5) is 0 Å². The lowest BCUT2D eigenvalue weighted by atomic mass is 9.96. The van der Waals surface area contributed by atoms with Crippen molar-refractivity contribution in [3.05, 3.63) is 70.9 Å². The molecule has 0 radical (unpaired) electrons. The molecule has 0 aliphatic heterocycles. The van der Waals surface area contributed by atoms with Gasteiger partial charge < -0.3 is 14.4 Å². The summed E-state index contributed by atoms with van der Waals surface area (Å²) in [6.45, 7) is 4.21. The lowest BCUT2D eigenvalue weighted by molar-refractivity contribution is 0.0910. The Balaban J connectivity index is 1.57. The van der Waals surface area contributed by atoms with E-state index in [1.165, 1.54) is 5.56 Å². The minimum absolute atomic E-state index is 0.196. The average molecular weight is 325 g/mol. The molecule has 1 atom stereocenters. The first-order valence-corrected chi connectivity index (χ1v) is 7.83. The lowest BCUT2D eigenvalue weighted by Crippen LogP contribution is -2.22. The molecule has 6 nitrogen and oxygen atoms in total. The standard InChI is InChI=1S/C18H19N3O3/c1-12(14-6-4-3-5-7-14)8-15-10-17(24-21-15)18(22)19-11-16-9-13(2)20-23-16/h3-7,9-10,12H,8,11H2,1-2H3,(H,19,22). The SMILES string of the molecule is Cc1cc(CNC(=O)c2cc(CC(C)c3ccccc3)no2)on1. The van der Waals surface area contributed by atoms with Gasteiger partial charge in [-0.05, 0) is 24.8 Å². The maximum atomic E-state index is 12.1. The maximum absolute atomic E-state index is 12.1. The van der Waals surface area contributed by atoms with Crippen molar-refractivity contribution >= 4 is 5.91 Å². The van der Waals surface area contributed by atoms with E-state index in [2.05, 4.69) is 34.7 Å². The van der Waals surface area contributed by atoms with Crippen molar-refractivity contribution in [1.29, 1.82) is 0 Å². The molecule has 1 unspecified atom stereocenters. The minimum Gasteiger partial charge on any atom is -0.359 e. The normalized spacial score (nSPS) is 12.1. The summed E-state index contributed by atoms with van der Waals surface area (Å²) < 4.78 is 10.2. The molecule has 0 spiro atoms. The van der Waals surface area contributed by atoms with Gasteiger partial charge in [-0.3, -0.25) is 4.79 Å². The van der Waals surface area contributed by atoms with Gasteiger partial charge in [0.25, 0.3) is 5.91 Å². The smallest absolute Gasteiger partial charge is 0.290 e. The third kappa shape index (κ3) is 3.90. The first-order chi connectivity index (χ1) is 11.6. The summed E-state index contributed by atoms with van der Waals surface area (Å²) in [6.07, 6.45) is 0.710. The number of hydrogen-bond acceptors (Lipinski definition) is 5. The van der Waals surface area contributed by atoms with E-state index >= 15 is 0 Å². The van der Waals surface area contributed by atoms with E-state index in [9.17, 15) is 4.79 Å². The van der Waals surface area contributed by atoms with Gasteiger partial charge >= 0.3 is 0 Å². The highest BCUT2D eigenvalue weighted by atomic mass is 16.5. The van der Waals surface area contributed by atoms with Crippen molar-refractivity contribution < 1.29 is 13.8 Å². The second kappa shape index (κ2) is 7.12. The number of rotatable bonds is 6. The molecule has 24 heavy (non-hydrogen) atoms. The predicted octanol–water partition coefficient (Wildman–Crippen LogP) is 3.25. The molecular formula is C18H19N3O3. The molecule has 1 N–H and O–H groups in total. The van der Waals surface area contributed by atoms with Crippen LogP contribution in [0.15, 0.2) is 51.5 Å². The van der Waals surface area contributed by atoms with Gasteiger partial charge in [0.2, 0.25) is 5.76 Å². The van der Waals surface area contributed by atoms with Crippen molar-refractivity contribution in [3.8, 4) is 0 Å². The monoisotopic (exact) mass is 325 g/mol. The number of carbonyl (C=O) groups excluding carboxylic acids is 1. The Kier molecular flexibility index (Phi) is 4.74. The zero-order chi connectivity index (χ0) is 16.9. The first-order valence-electron chi connectivity index (χ1n) is 7.83. The molecule has 2 heterocycles. The highest BCUT2D eigenvalue weighted by Crippen LogP contribution is 2.20. The average Bonchev–Trinajstić information content (AvgIpc) is 3.22. The Morgan fingerprint density at radius 2 is 1.96 bits per heavy atom. The van der Waals surface area contributed by atoms with Crippen LogP contribution >= 0.6 is 0 Å². The summed E-state index contributed by atoms with van der Waals surface area (Å²) in [6, 6.07) is 13.6. The van der Waals surface area contributed by atoms with Crippen molar-refractivity contribution in [3.63, 3.8) is 0 Å². The Labute approximate surface area is 139 Å². The highest BCUT2D eigenvalue weighted by Gasteiger charge is 2.16. The van der Waals surface area contributed by atoms with Crippen LogP contribution in [0.25, 0.3) is 0 Å². The quantitative estimate of drug-likeness (QED) is 0.752. The fourth-order valence-corrected chi connectivity index (χ4v) is 2.48. The summed E-state index contributed by atoms with van der Waals surface area (Å²) in [4.78, 5) is 12.1. The third-order valence-electron chi connectivity index (χ3n) is 3.77. The predicted molar refractivity (Wildman–Crippen MR) is 87.5 cm³/mol. The molecule has 3 aromatic rings. The van der Waals surface area contributed by atoms with Crippen LogP contribution in [0.5, 0.6) is 0 Å². The van der Waals surface area contributed by atoms with Gasteiger partial charge in [0, 0.05) is 12.1 Å². The van der Waals surface area contributed by atoms with Crippen LogP contribution in [-0.2, 0) is 13.0 Å². The minimum atomic E-state index is -0.324. The molecule has 0 bridgehead atoms. The summed E-state index contributed by atoms with van der Waals surface area (Å²) >= 11 is 0. The Hall–Kier alpha value is -2.89. The van der Waals surface area contributed by atoms with E-state index in [-0.39, 0.29) is 18.2 Å². The van der Waals surface area contributed by atoms with E-state index in [4.69, 9.17) is 9.05 Å². The zero-order valence-electron chi connectivity index (χ0n) is 13.7. The largest absolute Gasteiger partial charge is 0.359 e. The van der Waals surface area contributed by atoms with Crippen LogP contribution in [0.1, 0.15) is 46.1 Å². The number of amides is 1. The number of hydrogen-bond donors (Lipinski definition) is 1. The molecule has 6 heteroatoms. The van der Waals surface area contributed by atoms with Crippen LogP contribution in [0.3, 0.4) is 0 Å². The van der Waals surface area contributed by atoms with E-state index in [1.807, 2.05) is 25.1 Å². The van der Waals surface area contributed by atoms with Crippen molar-refractivity contribution in [1.82, 2.24) is 15.6 Å². The Morgan fingerprint density at radius 3 is 2.67 bits per heavy atom. The van der Waals surface area contributed by atoms with Crippen LogP contribution in [0.2, 0.25) is 0 Å². The summed E-state index contributed by atoms with van der Waals surface area (Å²) in [5.74, 6) is 0.763. The van der Waals surface area contributed by atoms with E-state index in [1.54, 1.807) is 12.1 Å². The molecular weight excluding hydrogens is 306 g/mol. The summed E-state index contributed by atoms with van der Waals surface area (Å²) in [7, 11) is 0. The van der Waals surface area contributed by atoms with E-state index < -0.39 is 0 Å². The number of nitrogens with zero attached hydrogens (tertiary/aromatic N) is 2. The molecule has 0 aliphatic rings. The number of aryl methyl sites for hydroxylation is 1. The second-order valence-corrected chi connectivity index (χ2v) is 5.82. The van der Waals surface area contributed by atoms with Crippen LogP contribution < -0.4 is 5.32 Å². The fraction of sp³-hybridized carbons (Fsp3) is 0.278. The zero-order valence-corrected chi connectivity index (χ0v) is 13.7. The number of aromatic nitrogens is 2. The van der Waals surface area contributed by atoms with Gasteiger partial charge in [0.15, 0.2) is 5.76 Å². The molecule has 1 aromatic carbocycles. The van der Waals surface area contributed by atoms with Gasteiger partial charge in [0.1, 0.15) is 0 Å². The van der Waals surface area contributed by atoms with Crippen molar-refractivity contribution in [2.24, 2.45) is 0 Å². The Bertz CT molecular complexity index is 808. The molecule has 0 saturated carbocycles. The topological polar surface area (TPSA) is 81.2 Å². The Morgan fingerprint density at radius 1 is 1.17 bits per heavy atom. The summed E-state index contributed by atoms with van der Waals surface area (Å²) in [5, 5.41) is 10.5. The fourth-order valence-electron chi connectivity index (χ4n) is 2.48. The third-order valence-corrected chi connectivity index (χ3v) is 3.77. The lowest BCUT2D eigenvalue weighted by Gasteiger charge is -2.08. The highest BCUT2D eigenvalue weighted by molar-refractivity contribution is 5.91. The number of carbonyl (C=O) groups is 1. The molecule has 2 aromatic heterocycles. The number of nitrogens with one attached hydrogen (secondary N) is 1. The molecule has 124 valence electrons. The van der Waals surface area contributed by atoms with Gasteiger partial charge in [-0.15, -0.1) is 0 Å². The van der Waals surface area contributed by atoms with Gasteiger partial charge in [-0.25, -0.2) is 0 Å². The van der Waals surface area contributed by atoms with Gasteiger partial charge in [-0.2, -0.15) is 0 Å². The molecule has 0 fully saturated rings. The van der Waals surface area contributed by atoms with Gasteiger partial charge in [0.05, 0.1) is 17.9 Å². The molecule has 0 aliphatic carbocycles. The maximum Gasteiger partial charge on any atom is 0.290 e. The molecule has 1 amide bonds. The van der Waals surface area contributed by atoms with Crippen molar-refractivity contribution in [2.45, 2.75) is 32.7 Å². The van der Waals surface area contributed by atoms with E-state index in [0.717, 1.165) is 11.4 Å². The van der Waals surface area contributed by atoms with Crippen molar-refractivity contribution in [2.75, 3.05) is 0 Å². The van der Waals surface area contributed by atoms with Gasteiger partial charge in [-0.1, -0.05) is 47.6 Å². The van der Waals surface area contributed by atoms with E-state index in [0.29, 0.717) is 18.1 Å².